The van der Waals surface area contributed by atoms with Crippen molar-refractivity contribution in [1.29, 1.82) is 0 Å². The lowest BCUT2D eigenvalue weighted by Crippen LogP contribution is -2.34. The molecule has 1 N–H and O–H groups in total. The number of nitrogens with one attached hydrogen (secondary N) is 1. The molecule has 0 spiro atoms. The van der Waals surface area contributed by atoms with Crippen molar-refractivity contribution in [2.24, 2.45) is 11.8 Å². The van der Waals surface area contributed by atoms with Crippen LogP contribution >= 0.6 is 0 Å². The first-order valence-corrected chi connectivity index (χ1v) is 8.84. The largest absolute Gasteiger partial charge is 0.313 e. The van der Waals surface area contributed by atoms with Gasteiger partial charge in [-0.2, -0.15) is 0 Å². The Labute approximate surface area is 106 Å². The predicted octanol–water partition coefficient (Wildman–Crippen LogP) is 2.23. The van der Waals surface area contributed by atoms with Crippen LogP contribution in [0, 0.1) is 11.8 Å². The molecule has 17 heavy (non-hydrogen) atoms. The van der Waals surface area contributed by atoms with Crippen LogP contribution in [0.1, 0.15) is 46.0 Å². The van der Waals surface area contributed by atoms with Gasteiger partial charge in [-0.25, -0.2) is 8.42 Å². The molecule has 0 aromatic heterocycles. The smallest absolute Gasteiger partial charge is 0.148 e. The molecule has 0 radical (unpaired) electrons. The van der Waals surface area contributed by atoms with Gasteiger partial charge >= 0.3 is 0 Å². The summed E-state index contributed by atoms with van der Waals surface area (Å²) in [5.41, 5.74) is 0. The second-order valence-electron chi connectivity index (χ2n) is 5.87. The highest BCUT2D eigenvalue weighted by Gasteiger charge is 2.18. The molecule has 102 valence electrons. The molecule has 0 bridgehead atoms. The summed E-state index contributed by atoms with van der Waals surface area (Å²) in [6.07, 6.45) is 7.94. The summed E-state index contributed by atoms with van der Waals surface area (Å²) in [5.74, 6) is 1.97. The molecule has 0 aliphatic heterocycles. The van der Waals surface area contributed by atoms with Crippen molar-refractivity contribution in [3.8, 4) is 0 Å². The van der Waals surface area contributed by atoms with Crippen LogP contribution in [0.5, 0.6) is 0 Å². The van der Waals surface area contributed by atoms with Gasteiger partial charge in [0.25, 0.3) is 0 Å². The van der Waals surface area contributed by atoms with Gasteiger partial charge in [-0.3, -0.25) is 0 Å². The number of hydrogen-bond acceptors (Lipinski definition) is 3. The minimum absolute atomic E-state index is 0.0750. The van der Waals surface area contributed by atoms with Gasteiger partial charge in [-0.05, 0) is 38.1 Å². The molecular formula is C13H27NO2S. The van der Waals surface area contributed by atoms with Crippen LogP contribution in [-0.2, 0) is 9.84 Å². The molecule has 0 saturated heterocycles. The second kappa shape index (κ2) is 6.74. The number of hydrogen-bond donors (Lipinski definition) is 1. The third kappa shape index (κ3) is 7.04. The molecular weight excluding hydrogens is 234 g/mol. The molecule has 3 nitrogen and oxygen atoms in total. The summed E-state index contributed by atoms with van der Waals surface area (Å²) in [6, 6.07) is 0.0750. The average molecular weight is 261 g/mol. The minimum atomic E-state index is -2.85. The number of rotatable bonds is 6. The monoisotopic (exact) mass is 261 g/mol. The minimum Gasteiger partial charge on any atom is -0.313 e. The highest BCUT2D eigenvalue weighted by atomic mass is 32.2. The van der Waals surface area contributed by atoms with Crippen LogP contribution in [0.15, 0.2) is 0 Å². The average Bonchev–Trinajstić information content (AvgIpc) is 2.14. The van der Waals surface area contributed by atoms with E-state index >= 15 is 0 Å². The summed E-state index contributed by atoms with van der Waals surface area (Å²) in [7, 11) is -2.85. The Kier molecular flexibility index (Phi) is 5.93. The normalized spacial score (nSPS) is 27.9. The van der Waals surface area contributed by atoms with Crippen LogP contribution in [-0.4, -0.2) is 33.0 Å². The van der Waals surface area contributed by atoms with E-state index in [1.165, 1.54) is 38.4 Å². The van der Waals surface area contributed by atoms with E-state index in [0.29, 0.717) is 0 Å². The lowest BCUT2D eigenvalue weighted by molar-refractivity contribution is 0.266. The fraction of sp³-hybridized carbons (Fsp3) is 1.00. The maximum atomic E-state index is 11.1. The van der Waals surface area contributed by atoms with Crippen LogP contribution in [0.25, 0.3) is 0 Å². The zero-order chi connectivity index (χ0) is 12.9. The summed E-state index contributed by atoms with van der Waals surface area (Å²) < 4.78 is 22.2. The molecule has 0 aromatic rings. The zero-order valence-corrected chi connectivity index (χ0v) is 12.2. The van der Waals surface area contributed by atoms with Crippen LogP contribution < -0.4 is 5.32 Å². The van der Waals surface area contributed by atoms with Gasteiger partial charge in [0.1, 0.15) is 9.84 Å². The second-order valence-corrected chi connectivity index (χ2v) is 8.06. The van der Waals surface area contributed by atoms with Crippen molar-refractivity contribution in [2.75, 3.05) is 18.6 Å². The van der Waals surface area contributed by atoms with E-state index in [1.807, 2.05) is 6.92 Å². The summed E-state index contributed by atoms with van der Waals surface area (Å²) in [4.78, 5) is 0. The van der Waals surface area contributed by atoms with Gasteiger partial charge in [0.2, 0.25) is 0 Å². The molecule has 0 amide bonds. The summed E-state index contributed by atoms with van der Waals surface area (Å²) in [5, 5.41) is 3.32. The maximum Gasteiger partial charge on any atom is 0.148 e. The Balaban J connectivity index is 2.14. The summed E-state index contributed by atoms with van der Waals surface area (Å²) in [6.45, 7) is 5.24. The summed E-state index contributed by atoms with van der Waals surface area (Å²) >= 11 is 0. The Morgan fingerprint density at radius 1 is 1.35 bits per heavy atom. The van der Waals surface area contributed by atoms with Gasteiger partial charge in [0.05, 0.1) is 5.75 Å². The fourth-order valence-electron chi connectivity index (χ4n) is 2.87. The third-order valence-corrected chi connectivity index (χ3v) is 4.75. The highest BCUT2D eigenvalue weighted by Crippen LogP contribution is 2.30. The molecule has 4 heteroatoms. The number of sulfone groups is 1. The van der Waals surface area contributed by atoms with Gasteiger partial charge in [0.15, 0.2) is 0 Å². The van der Waals surface area contributed by atoms with E-state index in [0.717, 1.165) is 18.4 Å². The zero-order valence-electron chi connectivity index (χ0n) is 11.4. The standard InChI is InChI=1S/C13H27NO2S/c1-11-5-4-6-13(9-11)7-8-14-12(2)10-17(3,15)16/h11-14H,4-10H2,1-3H3. The van der Waals surface area contributed by atoms with Gasteiger partial charge in [-0.15, -0.1) is 0 Å². The molecule has 1 aliphatic carbocycles. The molecule has 3 unspecified atom stereocenters. The first-order chi connectivity index (χ1) is 7.87. The van der Waals surface area contributed by atoms with E-state index in [4.69, 9.17) is 0 Å². The molecule has 1 saturated carbocycles. The van der Waals surface area contributed by atoms with Crippen molar-refractivity contribution in [2.45, 2.75) is 52.0 Å². The lowest BCUT2D eigenvalue weighted by Gasteiger charge is -2.27. The quantitative estimate of drug-likeness (QED) is 0.797. The van der Waals surface area contributed by atoms with Crippen LogP contribution in [0.3, 0.4) is 0 Å². The SMILES string of the molecule is CC1CCCC(CCNC(C)CS(C)(=O)=O)C1. The maximum absolute atomic E-state index is 11.1. The Hall–Kier alpha value is -0.0900. The van der Waals surface area contributed by atoms with Gasteiger partial charge in [0, 0.05) is 12.3 Å². The van der Waals surface area contributed by atoms with Crippen molar-refractivity contribution in [3.63, 3.8) is 0 Å². The first-order valence-electron chi connectivity index (χ1n) is 6.78. The van der Waals surface area contributed by atoms with Gasteiger partial charge < -0.3 is 5.32 Å². The van der Waals surface area contributed by atoms with Crippen molar-refractivity contribution in [1.82, 2.24) is 5.32 Å². The molecule has 0 aromatic carbocycles. The van der Waals surface area contributed by atoms with Crippen molar-refractivity contribution >= 4 is 9.84 Å². The van der Waals surface area contributed by atoms with Crippen molar-refractivity contribution in [3.05, 3.63) is 0 Å². The van der Waals surface area contributed by atoms with E-state index in [2.05, 4.69) is 12.2 Å². The molecule has 1 rings (SSSR count). The predicted molar refractivity (Wildman–Crippen MR) is 72.9 cm³/mol. The van der Waals surface area contributed by atoms with E-state index < -0.39 is 9.84 Å². The van der Waals surface area contributed by atoms with Gasteiger partial charge in [-0.1, -0.05) is 26.2 Å². The molecule has 3 atom stereocenters. The Morgan fingerprint density at radius 2 is 2.06 bits per heavy atom. The fourth-order valence-corrected chi connectivity index (χ4v) is 3.89. The third-order valence-electron chi connectivity index (χ3n) is 3.64. The van der Waals surface area contributed by atoms with Crippen LogP contribution in [0.2, 0.25) is 0 Å². The lowest BCUT2D eigenvalue weighted by atomic mass is 9.81. The van der Waals surface area contributed by atoms with Crippen molar-refractivity contribution < 1.29 is 8.42 Å². The molecule has 0 heterocycles. The molecule has 1 aliphatic rings. The van der Waals surface area contributed by atoms with E-state index in [1.54, 1.807) is 0 Å². The van der Waals surface area contributed by atoms with Crippen LogP contribution in [0.4, 0.5) is 0 Å². The Morgan fingerprint density at radius 3 is 2.65 bits per heavy atom. The topological polar surface area (TPSA) is 46.2 Å². The molecule has 1 fully saturated rings. The first kappa shape index (κ1) is 15.0. The van der Waals surface area contributed by atoms with E-state index in [9.17, 15) is 8.42 Å². The Bertz CT molecular complexity index is 313. The van der Waals surface area contributed by atoms with E-state index in [-0.39, 0.29) is 11.8 Å². The highest BCUT2D eigenvalue weighted by molar-refractivity contribution is 7.90.